The monoisotopic (exact) mass is 479 g/mol. The van der Waals surface area contributed by atoms with Crippen LogP contribution in [0.25, 0.3) is 0 Å². The molecule has 0 fully saturated rings. The molecule has 0 aliphatic carbocycles. The maximum Gasteiger partial charge on any atom is 0.296 e. The molecule has 1 amide bonds. The van der Waals surface area contributed by atoms with E-state index in [1.54, 1.807) is 48.8 Å². The van der Waals surface area contributed by atoms with Crippen LogP contribution in [0.2, 0.25) is 5.02 Å². The van der Waals surface area contributed by atoms with E-state index in [2.05, 4.69) is 26.6 Å². The Morgan fingerprint density at radius 3 is 2.82 bits per heavy atom. The zero-order chi connectivity index (χ0) is 23.2. The largest absolute Gasteiger partial charge is 0.496 e. The summed E-state index contributed by atoms with van der Waals surface area (Å²) in [6.45, 7) is 0.308. The number of halogens is 1. The van der Waals surface area contributed by atoms with Crippen LogP contribution in [0.5, 0.6) is 10.9 Å². The zero-order valence-corrected chi connectivity index (χ0v) is 19.0. The molecule has 0 saturated carbocycles. The minimum Gasteiger partial charge on any atom is -0.496 e. The highest BCUT2D eigenvalue weighted by Gasteiger charge is 2.31. The minimum absolute atomic E-state index is 0.269. The van der Waals surface area contributed by atoms with Crippen LogP contribution in [-0.4, -0.2) is 29.4 Å². The molecule has 0 saturated heterocycles. The zero-order valence-electron chi connectivity index (χ0n) is 17.4. The number of hydrogen-bond acceptors (Lipinski definition) is 8. The molecule has 166 valence electrons. The summed E-state index contributed by atoms with van der Waals surface area (Å²) in [4.78, 5) is 17.3. The Balaban J connectivity index is 1.44. The first-order valence-corrected chi connectivity index (χ1v) is 11.1. The van der Waals surface area contributed by atoms with Gasteiger partial charge in [-0.3, -0.25) is 15.1 Å². The number of amides is 1. The Morgan fingerprint density at radius 2 is 2.06 bits per heavy atom. The van der Waals surface area contributed by atoms with Gasteiger partial charge in [-0.15, -0.1) is 5.10 Å². The average molecular weight is 480 g/mol. The summed E-state index contributed by atoms with van der Waals surface area (Å²) in [5.41, 5.74) is 2.17. The van der Waals surface area contributed by atoms with Crippen LogP contribution in [0.1, 0.15) is 22.6 Å². The van der Waals surface area contributed by atoms with Gasteiger partial charge >= 0.3 is 0 Å². The van der Waals surface area contributed by atoms with Gasteiger partial charge < -0.3 is 9.47 Å². The summed E-state index contributed by atoms with van der Waals surface area (Å²) in [5, 5.41) is 21.2. The maximum atomic E-state index is 13.1. The first-order chi connectivity index (χ1) is 16.1. The molecule has 3 aromatic rings. The predicted octanol–water partition coefficient (Wildman–Crippen LogP) is 4.59. The molecule has 1 aromatic heterocycles. The molecule has 1 N–H and O–H groups in total. The third kappa shape index (κ3) is 5.37. The van der Waals surface area contributed by atoms with Crippen molar-refractivity contribution < 1.29 is 14.3 Å². The summed E-state index contributed by atoms with van der Waals surface area (Å²) < 4.78 is 11.1. The van der Waals surface area contributed by atoms with E-state index in [-0.39, 0.29) is 11.8 Å². The molecule has 1 aliphatic heterocycles. The lowest BCUT2D eigenvalue weighted by molar-refractivity contribution is -0.118. The third-order valence-electron chi connectivity index (χ3n) is 4.95. The van der Waals surface area contributed by atoms with E-state index in [1.807, 2.05) is 12.1 Å². The molecule has 0 bridgehead atoms. The first-order valence-electron chi connectivity index (χ1n) is 9.87. The van der Waals surface area contributed by atoms with Crippen LogP contribution < -0.4 is 14.8 Å². The highest BCUT2D eigenvalue weighted by atomic mass is 35.5. The number of carbonyl (C=O) groups excluding carboxylic acids is 1. The highest BCUT2D eigenvalue weighted by molar-refractivity contribution is 7.17. The second kappa shape index (κ2) is 10.3. The quantitative estimate of drug-likeness (QED) is 0.530. The molecule has 1 aliphatic rings. The van der Waals surface area contributed by atoms with Crippen LogP contribution in [-0.2, 0) is 11.4 Å². The molecule has 2 unspecified atom stereocenters. The Morgan fingerprint density at radius 1 is 1.24 bits per heavy atom. The molecule has 4 rings (SSSR count). The number of ether oxygens (including phenoxy) is 2. The molecule has 33 heavy (non-hydrogen) atoms. The molecular formula is C23H18ClN5O3S. The highest BCUT2D eigenvalue weighted by Crippen LogP contribution is 2.35. The summed E-state index contributed by atoms with van der Waals surface area (Å²) >= 11 is 7.03. The second-order valence-corrected chi connectivity index (χ2v) is 8.41. The lowest BCUT2D eigenvalue weighted by atomic mass is 9.84. The van der Waals surface area contributed by atoms with Crippen molar-refractivity contribution in [2.75, 3.05) is 12.4 Å². The maximum absolute atomic E-state index is 13.1. The summed E-state index contributed by atoms with van der Waals surface area (Å²) in [6.07, 6.45) is 4.99. The molecule has 0 radical (unpaired) electrons. The summed E-state index contributed by atoms with van der Waals surface area (Å²) in [7, 11) is 1.53. The SMILES string of the molecule is COc1cc(C#N)ccc1C1C=NC=CC1C(=O)Nc1nnc(OCc2ccc(Cl)cc2)s1. The number of rotatable bonds is 7. The van der Waals surface area contributed by atoms with Gasteiger partial charge in [0.15, 0.2) is 0 Å². The van der Waals surface area contributed by atoms with Gasteiger partial charge in [-0.25, -0.2) is 0 Å². The van der Waals surface area contributed by atoms with Crippen LogP contribution >= 0.6 is 22.9 Å². The van der Waals surface area contributed by atoms with Crippen molar-refractivity contribution in [1.82, 2.24) is 10.2 Å². The predicted molar refractivity (Wildman–Crippen MR) is 126 cm³/mol. The van der Waals surface area contributed by atoms with E-state index in [4.69, 9.17) is 26.3 Å². The van der Waals surface area contributed by atoms with Gasteiger partial charge in [0.25, 0.3) is 5.19 Å². The first kappa shape index (κ1) is 22.5. The number of carbonyl (C=O) groups is 1. The lowest BCUT2D eigenvalue weighted by Crippen LogP contribution is -2.29. The van der Waals surface area contributed by atoms with E-state index < -0.39 is 5.92 Å². The van der Waals surface area contributed by atoms with Gasteiger partial charge in [-0.1, -0.05) is 41.0 Å². The second-order valence-electron chi connectivity index (χ2n) is 7.04. The molecule has 2 aromatic carbocycles. The molecule has 10 heteroatoms. The van der Waals surface area contributed by atoms with Crippen LogP contribution in [0, 0.1) is 17.2 Å². The van der Waals surface area contributed by atoms with Crippen molar-refractivity contribution in [2.24, 2.45) is 10.9 Å². The third-order valence-corrected chi connectivity index (χ3v) is 5.95. The van der Waals surface area contributed by atoms with Crippen molar-refractivity contribution in [3.63, 3.8) is 0 Å². The number of nitrogens with zero attached hydrogens (tertiary/aromatic N) is 4. The number of methoxy groups -OCH3 is 1. The normalized spacial score (nSPS) is 16.8. The Labute approximate surface area is 199 Å². The van der Waals surface area contributed by atoms with Gasteiger partial charge in [-0.05, 0) is 41.2 Å². The van der Waals surface area contributed by atoms with E-state index in [1.165, 1.54) is 7.11 Å². The van der Waals surface area contributed by atoms with Gasteiger partial charge in [0.2, 0.25) is 11.0 Å². The topological polar surface area (TPSA) is 109 Å². The van der Waals surface area contributed by atoms with Gasteiger partial charge in [0.05, 0.1) is 24.7 Å². The van der Waals surface area contributed by atoms with Crippen LogP contribution in [0.15, 0.2) is 59.7 Å². The van der Waals surface area contributed by atoms with Gasteiger partial charge in [0, 0.05) is 28.9 Å². The van der Waals surface area contributed by atoms with E-state index in [9.17, 15) is 4.79 Å². The van der Waals surface area contributed by atoms with Crippen molar-refractivity contribution >= 4 is 40.2 Å². The summed E-state index contributed by atoms with van der Waals surface area (Å²) in [6, 6.07) is 14.5. The molecule has 8 nitrogen and oxygen atoms in total. The van der Waals surface area contributed by atoms with E-state index in [0.29, 0.717) is 33.3 Å². The number of hydrogen-bond donors (Lipinski definition) is 1. The van der Waals surface area contributed by atoms with Crippen molar-refractivity contribution in [3.05, 3.63) is 76.5 Å². The fourth-order valence-corrected chi connectivity index (χ4v) is 4.03. The summed E-state index contributed by atoms with van der Waals surface area (Å²) in [5.74, 6) is -0.667. The number of nitriles is 1. The Hall–Kier alpha value is -3.74. The van der Waals surface area contributed by atoms with Crippen molar-refractivity contribution in [2.45, 2.75) is 12.5 Å². The Bertz CT molecular complexity index is 1250. The molecule has 0 spiro atoms. The number of nitrogens with one attached hydrogen (secondary N) is 1. The molecule has 2 atom stereocenters. The van der Waals surface area contributed by atoms with E-state index >= 15 is 0 Å². The standard InChI is InChI=1S/C23H18ClN5O3S/c1-31-20-10-15(11-25)4-7-17(20)19-12-26-9-8-18(19)21(30)27-22-28-29-23(33-22)32-13-14-2-5-16(24)6-3-14/h2-10,12,18-19H,13H2,1H3,(H,27,28,30). The smallest absolute Gasteiger partial charge is 0.296 e. The lowest BCUT2D eigenvalue weighted by Gasteiger charge is -2.24. The van der Waals surface area contributed by atoms with Crippen LogP contribution in [0.3, 0.4) is 0 Å². The Kier molecular flexibility index (Phi) is 6.98. The van der Waals surface area contributed by atoms with Gasteiger partial charge in [0.1, 0.15) is 12.4 Å². The number of aliphatic imine (C=N–C) groups is 1. The van der Waals surface area contributed by atoms with E-state index in [0.717, 1.165) is 22.5 Å². The van der Waals surface area contributed by atoms with Crippen molar-refractivity contribution in [3.8, 4) is 17.0 Å². The van der Waals surface area contributed by atoms with Crippen molar-refractivity contribution in [1.29, 1.82) is 5.26 Å². The average Bonchev–Trinajstić information content (AvgIpc) is 3.30. The number of benzene rings is 2. The molecular weight excluding hydrogens is 462 g/mol. The van der Waals surface area contributed by atoms with Gasteiger partial charge in [-0.2, -0.15) is 5.26 Å². The van der Waals surface area contributed by atoms with Crippen LogP contribution in [0.4, 0.5) is 5.13 Å². The fourth-order valence-electron chi connectivity index (χ4n) is 3.31. The fraction of sp³-hybridized carbons (Fsp3) is 0.174. The molecule has 2 heterocycles. The number of anilines is 1. The minimum atomic E-state index is -0.549. The number of aromatic nitrogens is 2.